The molecule has 0 saturated heterocycles. The van der Waals surface area contributed by atoms with Crippen molar-refractivity contribution >= 4 is 0 Å². The predicted molar refractivity (Wildman–Crippen MR) is 52.3 cm³/mol. The van der Waals surface area contributed by atoms with E-state index in [2.05, 4.69) is 6.92 Å². The molecule has 0 N–H and O–H groups in total. The van der Waals surface area contributed by atoms with Gasteiger partial charge in [-0.3, -0.25) is 0 Å². The van der Waals surface area contributed by atoms with Crippen LogP contribution in [0.3, 0.4) is 0 Å². The third-order valence-electron chi connectivity index (χ3n) is 3.31. The minimum atomic E-state index is -0.0910. The predicted octanol–water partition coefficient (Wildman–Crippen LogP) is 3.58. The van der Waals surface area contributed by atoms with Crippen LogP contribution in [0.25, 0.3) is 0 Å². The highest BCUT2D eigenvalue weighted by atomic mass is 19.1. The van der Waals surface area contributed by atoms with Crippen molar-refractivity contribution in [2.45, 2.75) is 38.5 Å². The van der Waals surface area contributed by atoms with Crippen molar-refractivity contribution in [2.24, 2.45) is 0 Å². The minimum Gasteiger partial charge on any atom is -0.207 e. The van der Waals surface area contributed by atoms with Gasteiger partial charge in [-0.25, -0.2) is 4.39 Å². The van der Waals surface area contributed by atoms with Crippen LogP contribution in [0.5, 0.6) is 0 Å². The van der Waals surface area contributed by atoms with Crippen LogP contribution in [0.4, 0.5) is 4.39 Å². The van der Waals surface area contributed by atoms with Crippen molar-refractivity contribution in [1.29, 1.82) is 0 Å². The van der Waals surface area contributed by atoms with Gasteiger partial charge in [0.15, 0.2) is 0 Å². The van der Waals surface area contributed by atoms with Crippen molar-refractivity contribution < 1.29 is 4.39 Å². The summed E-state index contributed by atoms with van der Waals surface area (Å²) < 4.78 is 13.0. The number of aryl methyl sites for hydroxylation is 1. The number of hydrogen-bond acceptors (Lipinski definition) is 0. The maximum atomic E-state index is 13.0. The number of hydrogen-bond donors (Lipinski definition) is 0. The minimum absolute atomic E-state index is 0.0910. The van der Waals surface area contributed by atoms with Crippen LogP contribution in [-0.4, -0.2) is 0 Å². The summed E-state index contributed by atoms with van der Waals surface area (Å²) >= 11 is 0. The average molecular weight is 178 g/mol. The van der Waals surface area contributed by atoms with Crippen LogP contribution in [-0.2, 0) is 5.41 Å². The Balaban J connectivity index is 2.36. The topological polar surface area (TPSA) is 0 Å². The van der Waals surface area contributed by atoms with Gasteiger partial charge in [0.2, 0.25) is 0 Å². The van der Waals surface area contributed by atoms with Crippen molar-refractivity contribution in [3.05, 3.63) is 35.1 Å². The van der Waals surface area contributed by atoms with E-state index in [1.54, 1.807) is 6.07 Å². The van der Waals surface area contributed by atoms with E-state index in [0.29, 0.717) is 5.41 Å². The van der Waals surface area contributed by atoms with Crippen LogP contribution in [0.15, 0.2) is 18.2 Å². The Morgan fingerprint density at radius 2 is 2.00 bits per heavy atom. The maximum absolute atomic E-state index is 13.0. The normalized spacial score (nSPS) is 19.6. The first-order chi connectivity index (χ1) is 6.12. The van der Waals surface area contributed by atoms with Crippen molar-refractivity contribution in [3.63, 3.8) is 0 Å². The summed E-state index contributed by atoms with van der Waals surface area (Å²) in [6.07, 6.45) is 3.81. The zero-order valence-corrected chi connectivity index (χ0v) is 8.23. The van der Waals surface area contributed by atoms with E-state index in [0.717, 1.165) is 5.56 Å². The van der Waals surface area contributed by atoms with E-state index in [1.165, 1.54) is 24.8 Å². The first-order valence-electron chi connectivity index (χ1n) is 4.88. The molecule has 1 aromatic carbocycles. The molecule has 1 aromatic rings. The first-order valence-corrected chi connectivity index (χ1v) is 4.88. The standard InChI is InChI=1S/C12H15F/c1-9-8-10(4-5-11(9)13)12(2)6-3-7-12/h4-5,8H,3,6-7H2,1-2H3. The van der Waals surface area contributed by atoms with Gasteiger partial charge in [-0.15, -0.1) is 0 Å². The Labute approximate surface area is 78.8 Å². The van der Waals surface area contributed by atoms with E-state index in [1.807, 2.05) is 19.1 Å². The molecule has 2 rings (SSSR count). The van der Waals surface area contributed by atoms with Gasteiger partial charge in [-0.1, -0.05) is 25.5 Å². The van der Waals surface area contributed by atoms with E-state index in [4.69, 9.17) is 0 Å². The van der Waals surface area contributed by atoms with E-state index in [-0.39, 0.29) is 5.82 Å². The molecule has 0 atom stereocenters. The summed E-state index contributed by atoms with van der Waals surface area (Å²) in [5, 5.41) is 0. The lowest BCUT2D eigenvalue weighted by Gasteiger charge is -2.39. The third kappa shape index (κ3) is 1.37. The number of halogens is 1. The fraction of sp³-hybridized carbons (Fsp3) is 0.500. The zero-order valence-electron chi connectivity index (χ0n) is 8.23. The second-order valence-corrected chi connectivity index (χ2v) is 4.38. The molecule has 0 spiro atoms. The molecule has 1 aliphatic carbocycles. The fourth-order valence-electron chi connectivity index (χ4n) is 2.02. The molecule has 1 aliphatic rings. The number of rotatable bonds is 1. The highest BCUT2D eigenvalue weighted by Crippen LogP contribution is 2.43. The lowest BCUT2D eigenvalue weighted by molar-refractivity contribution is 0.271. The molecule has 0 aliphatic heterocycles. The van der Waals surface area contributed by atoms with Gasteiger partial charge in [-0.2, -0.15) is 0 Å². The fourth-order valence-corrected chi connectivity index (χ4v) is 2.02. The van der Waals surface area contributed by atoms with Crippen molar-refractivity contribution in [2.75, 3.05) is 0 Å². The molecule has 0 heterocycles. The third-order valence-corrected chi connectivity index (χ3v) is 3.31. The van der Waals surface area contributed by atoms with Crippen LogP contribution in [0, 0.1) is 12.7 Å². The lowest BCUT2D eigenvalue weighted by atomic mass is 9.66. The van der Waals surface area contributed by atoms with Gasteiger partial charge in [0, 0.05) is 0 Å². The Hall–Kier alpha value is -0.850. The van der Waals surface area contributed by atoms with Gasteiger partial charge in [0.05, 0.1) is 0 Å². The molecule has 0 aromatic heterocycles. The van der Waals surface area contributed by atoms with Crippen LogP contribution >= 0.6 is 0 Å². The average Bonchev–Trinajstić information content (AvgIpc) is 2.06. The SMILES string of the molecule is Cc1cc(C2(C)CCC2)ccc1F. The second kappa shape index (κ2) is 2.83. The second-order valence-electron chi connectivity index (χ2n) is 4.38. The summed E-state index contributed by atoms with van der Waals surface area (Å²) in [5.41, 5.74) is 2.40. The molecule has 1 fully saturated rings. The highest BCUT2D eigenvalue weighted by molar-refractivity contribution is 5.31. The van der Waals surface area contributed by atoms with Gasteiger partial charge < -0.3 is 0 Å². The van der Waals surface area contributed by atoms with E-state index >= 15 is 0 Å². The van der Waals surface area contributed by atoms with E-state index in [9.17, 15) is 4.39 Å². The van der Waals surface area contributed by atoms with Gasteiger partial charge in [0.1, 0.15) is 5.82 Å². The number of benzene rings is 1. The van der Waals surface area contributed by atoms with Crippen LogP contribution < -0.4 is 0 Å². The molecular formula is C12H15F. The van der Waals surface area contributed by atoms with Gasteiger partial charge >= 0.3 is 0 Å². The Bertz CT molecular complexity index is 324. The molecule has 1 saturated carbocycles. The Kier molecular flexibility index (Phi) is 1.90. The van der Waals surface area contributed by atoms with Gasteiger partial charge in [0.25, 0.3) is 0 Å². The molecule has 0 bridgehead atoms. The molecule has 0 radical (unpaired) electrons. The molecule has 70 valence electrons. The molecule has 0 unspecified atom stereocenters. The monoisotopic (exact) mass is 178 g/mol. The van der Waals surface area contributed by atoms with Crippen molar-refractivity contribution in [1.82, 2.24) is 0 Å². The Morgan fingerprint density at radius 1 is 1.31 bits per heavy atom. The quantitative estimate of drug-likeness (QED) is 0.616. The largest absolute Gasteiger partial charge is 0.207 e. The molecule has 1 heteroatoms. The van der Waals surface area contributed by atoms with Crippen LogP contribution in [0.1, 0.15) is 37.3 Å². The summed E-state index contributed by atoms with van der Waals surface area (Å²) in [7, 11) is 0. The summed E-state index contributed by atoms with van der Waals surface area (Å²) in [6, 6.07) is 5.52. The summed E-state index contributed by atoms with van der Waals surface area (Å²) in [4.78, 5) is 0. The summed E-state index contributed by atoms with van der Waals surface area (Å²) in [6.45, 7) is 4.10. The smallest absolute Gasteiger partial charge is 0.126 e. The van der Waals surface area contributed by atoms with E-state index < -0.39 is 0 Å². The molecule has 0 amide bonds. The Morgan fingerprint density at radius 3 is 2.46 bits per heavy atom. The van der Waals surface area contributed by atoms with Crippen molar-refractivity contribution in [3.8, 4) is 0 Å². The maximum Gasteiger partial charge on any atom is 0.126 e. The summed E-state index contributed by atoms with van der Waals surface area (Å²) in [5.74, 6) is -0.0910. The lowest BCUT2D eigenvalue weighted by Crippen LogP contribution is -2.30. The zero-order chi connectivity index (χ0) is 9.47. The first kappa shape index (κ1) is 8.74. The van der Waals surface area contributed by atoms with Gasteiger partial charge in [-0.05, 0) is 42.4 Å². The molecular weight excluding hydrogens is 163 g/mol. The highest BCUT2D eigenvalue weighted by Gasteiger charge is 2.33. The molecule has 13 heavy (non-hydrogen) atoms. The molecule has 0 nitrogen and oxygen atoms in total. The van der Waals surface area contributed by atoms with Crippen LogP contribution in [0.2, 0.25) is 0 Å².